The first kappa shape index (κ1) is 6.47. The lowest BCUT2D eigenvalue weighted by Crippen LogP contribution is -2.05. The van der Waals surface area contributed by atoms with Crippen LogP contribution in [0.3, 0.4) is 0 Å². The van der Waals surface area contributed by atoms with E-state index in [0.29, 0.717) is 0 Å². The summed E-state index contributed by atoms with van der Waals surface area (Å²) in [6.45, 7) is 0. The molecule has 0 saturated heterocycles. The predicted octanol–water partition coefficient (Wildman–Crippen LogP) is 3.29. The van der Waals surface area contributed by atoms with E-state index in [1.807, 2.05) is 0 Å². The van der Waals surface area contributed by atoms with Gasteiger partial charge in [0.05, 0.1) is 0 Å². The fraction of sp³-hybridized carbons (Fsp3) is 0.333. The second kappa shape index (κ2) is 2.22. The van der Waals surface area contributed by atoms with E-state index in [1.165, 1.54) is 25.7 Å². The molecule has 0 unspecified atom stereocenters. The van der Waals surface area contributed by atoms with Gasteiger partial charge in [0.1, 0.15) is 0 Å². The minimum atomic E-state index is 1.29. The zero-order chi connectivity index (χ0) is 7.97. The van der Waals surface area contributed by atoms with Gasteiger partial charge in [-0.3, -0.25) is 0 Å². The van der Waals surface area contributed by atoms with Gasteiger partial charge in [-0.25, -0.2) is 0 Å². The molecule has 0 aromatic carbocycles. The third kappa shape index (κ3) is 0.781. The third-order valence-electron chi connectivity index (χ3n) is 3.12. The molecule has 0 saturated carbocycles. The van der Waals surface area contributed by atoms with Gasteiger partial charge in [0.15, 0.2) is 0 Å². The summed E-state index contributed by atoms with van der Waals surface area (Å²) in [7, 11) is 0. The lowest BCUT2D eigenvalue weighted by atomic mass is 9.81. The molecule has 0 heterocycles. The maximum atomic E-state index is 2.32. The Bertz CT molecular complexity index is 280. The molecule has 3 aliphatic carbocycles. The van der Waals surface area contributed by atoms with Crippen molar-refractivity contribution in [2.75, 3.05) is 0 Å². The summed E-state index contributed by atoms with van der Waals surface area (Å²) < 4.78 is 0. The van der Waals surface area contributed by atoms with Gasteiger partial charge >= 0.3 is 0 Å². The van der Waals surface area contributed by atoms with Crippen molar-refractivity contribution in [2.45, 2.75) is 25.7 Å². The van der Waals surface area contributed by atoms with E-state index in [0.717, 1.165) is 0 Å². The molecule has 0 aliphatic heterocycles. The number of hydrogen-bond donors (Lipinski definition) is 0. The van der Waals surface area contributed by atoms with Crippen LogP contribution in [0.25, 0.3) is 0 Å². The smallest absolute Gasteiger partial charge is 0.0235 e. The van der Waals surface area contributed by atoms with E-state index >= 15 is 0 Å². The first-order valence-corrected chi connectivity index (χ1v) is 4.74. The van der Waals surface area contributed by atoms with E-state index in [1.54, 1.807) is 22.3 Å². The summed E-state index contributed by atoms with van der Waals surface area (Å²) in [6.07, 6.45) is 14.4. The van der Waals surface area contributed by atoms with Gasteiger partial charge in [-0.05, 0) is 48.0 Å². The average Bonchev–Trinajstić information content (AvgIpc) is 2.00. The highest BCUT2D eigenvalue weighted by atomic mass is 14.2. The van der Waals surface area contributed by atoms with Gasteiger partial charge in [0.25, 0.3) is 0 Å². The second-order valence-corrected chi connectivity index (χ2v) is 3.77. The number of hydrogen-bond acceptors (Lipinski definition) is 0. The topological polar surface area (TPSA) is 0 Å². The van der Waals surface area contributed by atoms with Crippen LogP contribution in [0, 0.1) is 0 Å². The molecule has 0 atom stereocenters. The molecule has 0 amide bonds. The molecule has 0 aromatic heterocycles. The lowest BCUT2D eigenvalue weighted by Gasteiger charge is -2.24. The zero-order valence-electron chi connectivity index (χ0n) is 7.14. The van der Waals surface area contributed by atoms with Crippen LogP contribution in [0.2, 0.25) is 0 Å². The first-order valence-electron chi connectivity index (χ1n) is 4.74. The van der Waals surface area contributed by atoms with Crippen molar-refractivity contribution in [3.8, 4) is 0 Å². The van der Waals surface area contributed by atoms with E-state index < -0.39 is 0 Å². The molecule has 3 rings (SSSR count). The van der Waals surface area contributed by atoms with Crippen LogP contribution >= 0.6 is 0 Å². The minimum Gasteiger partial charge on any atom is -0.0585 e. The van der Waals surface area contributed by atoms with E-state index in [-0.39, 0.29) is 0 Å². The van der Waals surface area contributed by atoms with E-state index in [4.69, 9.17) is 0 Å². The van der Waals surface area contributed by atoms with Crippen LogP contribution in [0.15, 0.2) is 46.6 Å². The maximum Gasteiger partial charge on any atom is -0.0235 e. The molecule has 0 spiro atoms. The summed E-state index contributed by atoms with van der Waals surface area (Å²) in [6, 6.07) is 0. The Morgan fingerprint density at radius 2 is 0.750 bits per heavy atom. The molecular weight excluding hydrogens is 144 g/mol. The van der Waals surface area contributed by atoms with Crippen LogP contribution in [-0.4, -0.2) is 0 Å². The number of rotatable bonds is 0. The Morgan fingerprint density at radius 3 is 0.917 bits per heavy atom. The van der Waals surface area contributed by atoms with Crippen LogP contribution in [0.1, 0.15) is 25.7 Å². The standard InChI is InChI=1S/C12H12/c1-2-10-7-8-12-4-3-11(12)6-5-9(1)10/h5-8H,1-4H2. The second-order valence-electron chi connectivity index (χ2n) is 3.77. The van der Waals surface area contributed by atoms with Gasteiger partial charge in [-0.1, -0.05) is 24.3 Å². The van der Waals surface area contributed by atoms with Crippen LogP contribution in [0.5, 0.6) is 0 Å². The van der Waals surface area contributed by atoms with Crippen molar-refractivity contribution < 1.29 is 0 Å². The Balaban J connectivity index is 2.04. The monoisotopic (exact) mass is 156 g/mol. The highest BCUT2D eigenvalue weighted by Gasteiger charge is 2.17. The summed E-state index contributed by atoms with van der Waals surface area (Å²) >= 11 is 0. The highest BCUT2D eigenvalue weighted by Crippen LogP contribution is 2.36. The van der Waals surface area contributed by atoms with Crippen molar-refractivity contribution >= 4 is 0 Å². The molecule has 0 heteroatoms. The Hall–Kier alpha value is -1.04. The fourth-order valence-corrected chi connectivity index (χ4v) is 1.99. The average molecular weight is 156 g/mol. The molecular formula is C12H12. The van der Waals surface area contributed by atoms with Gasteiger partial charge in [-0.15, -0.1) is 0 Å². The SMILES string of the molecule is C1=CC2=C(C=CC3=C1CC3)CC2. The quantitative estimate of drug-likeness (QED) is 0.505. The van der Waals surface area contributed by atoms with Crippen LogP contribution in [0.4, 0.5) is 0 Å². The zero-order valence-corrected chi connectivity index (χ0v) is 7.14. The Morgan fingerprint density at radius 1 is 0.500 bits per heavy atom. The molecule has 0 N–H and O–H groups in total. The molecule has 0 aromatic rings. The van der Waals surface area contributed by atoms with Crippen molar-refractivity contribution in [3.63, 3.8) is 0 Å². The molecule has 60 valence electrons. The third-order valence-corrected chi connectivity index (χ3v) is 3.12. The van der Waals surface area contributed by atoms with Crippen molar-refractivity contribution in [3.05, 3.63) is 46.6 Å². The molecule has 0 nitrogen and oxygen atoms in total. The normalized spacial score (nSPS) is 25.3. The maximum absolute atomic E-state index is 2.32. The summed E-state index contributed by atoms with van der Waals surface area (Å²) in [4.78, 5) is 0. The summed E-state index contributed by atoms with van der Waals surface area (Å²) in [5.41, 5.74) is 6.24. The van der Waals surface area contributed by atoms with Crippen LogP contribution < -0.4 is 0 Å². The lowest BCUT2D eigenvalue weighted by molar-refractivity contribution is 0.826. The Labute approximate surface area is 73.0 Å². The number of allylic oxidation sites excluding steroid dienone is 8. The largest absolute Gasteiger partial charge is 0.0585 e. The van der Waals surface area contributed by atoms with E-state index in [2.05, 4.69) is 24.3 Å². The highest BCUT2D eigenvalue weighted by molar-refractivity contribution is 5.51. The molecule has 12 heavy (non-hydrogen) atoms. The predicted molar refractivity (Wildman–Crippen MR) is 50.8 cm³/mol. The van der Waals surface area contributed by atoms with Gasteiger partial charge in [-0.2, -0.15) is 0 Å². The minimum absolute atomic E-state index is 1.29. The van der Waals surface area contributed by atoms with Crippen molar-refractivity contribution in [2.24, 2.45) is 0 Å². The van der Waals surface area contributed by atoms with Gasteiger partial charge < -0.3 is 0 Å². The fourth-order valence-electron chi connectivity index (χ4n) is 1.99. The van der Waals surface area contributed by atoms with Gasteiger partial charge in [0.2, 0.25) is 0 Å². The van der Waals surface area contributed by atoms with Gasteiger partial charge in [0, 0.05) is 0 Å². The van der Waals surface area contributed by atoms with Crippen molar-refractivity contribution in [1.29, 1.82) is 0 Å². The molecule has 0 radical (unpaired) electrons. The van der Waals surface area contributed by atoms with Crippen LogP contribution in [-0.2, 0) is 0 Å². The van der Waals surface area contributed by atoms with E-state index in [9.17, 15) is 0 Å². The molecule has 0 fully saturated rings. The van der Waals surface area contributed by atoms with Crippen molar-refractivity contribution in [1.82, 2.24) is 0 Å². The summed E-state index contributed by atoms with van der Waals surface area (Å²) in [5.74, 6) is 0. The first-order chi connectivity index (χ1) is 5.93. The summed E-state index contributed by atoms with van der Waals surface area (Å²) in [5, 5.41) is 0. The molecule has 0 bridgehead atoms. The molecule has 3 aliphatic rings. The Kier molecular flexibility index (Phi) is 1.20.